The Labute approximate surface area is 121 Å². The van der Waals surface area contributed by atoms with Crippen LogP contribution in [0.15, 0.2) is 0 Å². The lowest BCUT2D eigenvalue weighted by molar-refractivity contribution is 0.0810. The summed E-state index contributed by atoms with van der Waals surface area (Å²) >= 11 is 0. The van der Waals surface area contributed by atoms with Gasteiger partial charge < -0.3 is 5.11 Å². The van der Waals surface area contributed by atoms with Crippen LogP contribution in [0.3, 0.4) is 0 Å². The number of hydrogen-bond donors (Lipinski definition) is 1. The van der Waals surface area contributed by atoms with E-state index in [1.165, 1.54) is 19.3 Å². The van der Waals surface area contributed by atoms with Crippen molar-refractivity contribution in [3.05, 3.63) is 0 Å². The van der Waals surface area contributed by atoms with Gasteiger partial charge in [-0.25, -0.2) is 0 Å². The molecule has 0 aliphatic rings. The molecular weight excluding hydrogens is 234 g/mol. The van der Waals surface area contributed by atoms with Crippen LogP contribution in [0.4, 0.5) is 0 Å². The van der Waals surface area contributed by atoms with Crippen LogP contribution >= 0.6 is 0 Å². The summed E-state index contributed by atoms with van der Waals surface area (Å²) in [6, 6.07) is 1.22. The van der Waals surface area contributed by atoms with E-state index in [1.54, 1.807) is 0 Å². The molecule has 0 aromatic carbocycles. The Balaban J connectivity index is 4.54. The Bertz CT molecular complexity index is 215. The van der Waals surface area contributed by atoms with Crippen LogP contribution < -0.4 is 0 Å². The molecule has 0 fully saturated rings. The average molecular weight is 271 g/mol. The number of rotatable bonds is 10. The predicted octanol–water partition coefficient (Wildman–Crippen LogP) is 4.32. The van der Waals surface area contributed by atoms with E-state index in [0.717, 1.165) is 24.8 Å². The molecule has 2 nitrogen and oxygen atoms in total. The molecule has 0 bridgehead atoms. The highest BCUT2D eigenvalue weighted by Gasteiger charge is 2.23. The van der Waals surface area contributed by atoms with Gasteiger partial charge in [-0.3, -0.25) is 4.90 Å². The summed E-state index contributed by atoms with van der Waals surface area (Å²) in [5, 5.41) is 9.55. The highest BCUT2D eigenvalue weighted by molar-refractivity contribution is 4.78. The molecule has 116 valence electrons. The van der Waals surface area contributed by atoms with Gasteiger partial charge in [0.2, 0.25) is 0 Å². The number of aliphatic hydroxyl groups excluding tert-OH is 1. The first-order valence-electron chi connectivity index (χ1n) is 8.23. The largest absolute Gasteiger partial charge is 0.393 e. The van der Waals surface area contributed by atoms with Crippen LogP contribution in [0.5, 0.6) is 0 Å². The molecule has 0 radical (unpaired) electrons. The maximum absolute atomic E-state index is 9.55. The lowest BCUT2D eigenvalue weighted by Crippen LogP contribution is -2.44. The van der Waals surface area contributed by atoms with E-state index in [-0.39, 0.29) is 6.10 Å². The topological polar surface area (TPSA) is 23.5 Å². The molecule has 0 spiro atoms. The van der Waals surface area contributed by atoms with Gasteiger partial charge in [0, 0.05) is 18.6 Å². The van der Waals surface area contributed by atoms with Gasteiger partial charge in [-0.05, 0) is 51.9 Å². The van der Waals surface area contributed by atoms with Gasteiger partial charge >= 0.3 is 0 Å². The zero-order valence-electron chi connectivity index (χ0n) is 14.3. The second-order valence-electron chi connectivity index (χ2n) is 6.82. The maximum atomic E-state index is 9.55. The van der Waals surface area contributed by atoms with Crippen molar-refractivity contribution < 1.29 is 5.11 Å². The Morgan fingerprint density at radius 1 is 0.895 bits per heavy atom. The van der Waals surface area contributed by atoms with E-state index in [0.29, 0.717) is 12.1 Å². The number of hydrogen-bond acceptors (Lipinski definition) is 2. The van der Waals surface area contributed by atoms with Crippen LogP contribution in [-0.4, -0.2) is 34.7 Å². The van der Waals surface area contributed by atoms with Crippen molar-refractivity contribution in [2.45, 2.75) is 92.3 Å². The van der Waals surface area contributed by atoms with Gasteiger partial charge in [-0.1, -0.05) is 34.1 Å². The third-order valence-corrected chi connectivity index (χ3v) is 4.52. The van der Waals surface area contributed by atoms with E-state index in [4.69, 9.17) is 0 Å². The first kappa shape index (κ1) is 18.9. The number of nitrogens with zero attached hydrogens (tertiary/aromatic N) is 1. The molecule has 0 aromatic rings. The molecule has 0 aromatic heterocycles. The van der Waals surface area contributed by atoms with Gasteiger partial charge in [0.15, 0.2) is 0 Å². The van der Waals surface area contributed by atoms with Crippen molar-refractivity contribution in [3.63, 3.8) is 0 Å². The molecule has 1 unspecified atom stereocenters. The highest BCUT2D eigenvalue weighted by Crippen LogP contribution is 2.21. The molecule has 1 N–H and O–H groups in total. The van der Waals surface area contributed by atoms with E-state index in [1.807, 2.05) is 6.92 Å². The first-order valence-corrected chi connectivity index (χ1v) is 8.23. The predicted molar refractivity (Wildman–Crippen MR) is 85.5 cm³/mol. The molecule has 0 aliphatic carbocycles. The summed E-state index contributed by atoms with van der Waals surface area (Å²) < 4.78 is 0. The minimum atomic E-state index is -0.191. The summed E-state index contributed by atoms with van der Waals surface area (Å²) in [7, 11) is 0. The second-order valence-corrected chi connectivity index (χ2v) is 6.82. The lowest BCUT2D eigenvalue weighted by atomic mass is 9.95. The van der Waals surface area contributed by atoms with E-state index in [2.05, 4.69) is 46.4 Å². The molecule has 19 heavy (non-hydrogen) atoms. The Morgan fingerprint density at radius 2 is 1.47 bits per heavy atom. The second kappa shape index (κ2) is 9.77. The van der Waals surface area contributed by atoms with Crippen LogP contribution in [0.1, 0.15) is 74.1 Å². The third kappa shape index (κ3) is 7.94. The Morgan fingerprint density at radius 3 is 1.89 bits per heavy atom. The van der Waals surface area contributed by atoms with Crippen molar-refractivity contribution in [2.24, 2.45) is 11.8 Å². The Hall–Kier alpha value is -0.0800. The minimum absolute atomic E-state index is 0.191. The summed E-state index contributed by atoms with van der Waals surface area (Å²) in [5.41, 5.74) is 0. The minimum Gasteiger partial charge on any atom is -0.393 e. The fraction of sp³-hybridized carbons (Fsp3) is 1.00. The zero-order chi connectivity index (χ0) is 15.0. The number of aliphatic hydroxyl groups is 1. The summed E-state index contributed by atoms with van der Waals surface area (Å²) in [6.07, 6.45) is 4.47. The maximum Gasteiger partial charge on any atom is 0.0524 e. The van der Waals surface area contributed by atoms with E-state index < -0.39 is 0 Å². The molecule has 4 atom stereocenters. The van der Waals surface area contributed by atoms with E-state index >= 15 is 0 Å². The smallest absolute Gasteiger partial charge is 0.0524 e. The zero-order valence-corrected chi connectivity index (χ0v) is 14.3. The Kier molecular flexibility index (Phi) is 9.72. The quantitative estimate of drug-likeness (QED) is 0.639. The molecule has 2 heteroatoms. The van der Waals surface area contributed by atoms with Crippen LogP contribution in [0.2, 0.25) is 0 Å². The van der Waals surface area contributed by atoms with Crippen LogP contribution in [0, 0.1) is 11.8 Å². The van der Waals surface area contributed by atoms with Gasteiger partial charge in [-0.2, -0.15) is 0 Å². The highest BCUT2D eigenvalue weighted by atomic mass is 16.3. The fourth-order valence-electron chi connectivity index (χ4n) is 2.57. The van der Waals surface area contributed by atoms with Gasteiger partial charge in [0.25, 0.3) is 0 Å². The van der Waals surface area contributed by atoms with Crippen molar-refractivity contribution in [2.75, 3.05) is 6.54 Å². The molecule has 0 rings (SSSR count). The van der Waals surface area contributed by atoms with Crippen molar-refractivity contribution >= 4 is 0 Å². The molecule has 0 saturated carbocycles. The normalized spacial score (nSPS) is 18.6. The van der Waals surface area contributed by atoms with Gasteiger partial charge in [0.05, 0.1) is 6.10 Å². The lowest BCUT2D eigenvalue weighted by Gasteiger charge is -2.38. The molecular formula is C17H37NO. The van der Waals surface area contributed by atoms with Crippen molar-refractivity contribution in [3.8, 4) is 0 Å². The van der Waals surface area contributed by atoms with Crippen LogP contribution in [-0.2, 0) is 0 Å². The molecule has 0 heterocycles. The van der Waals surface area contributed by atoms with Crippen molar-refractivity contribution in [1.82, 2.24) is 4.90 Å². The summed E-state index contributed by atoms with van der Waals surface area (Å²) in [6.45, 7) is 16.8. The standard InChI is InChI=1S/C17H37NO/c1-8-14(4)17(7)18(12-11-16(6)19)15(5)10-9-13(2)3/h13-17,19H,8-12H2,1-7H3/t14-,15?,16-,17-/m0/s1. The summed E-state index contributed by atoms with van der Waals surface area (Å²) in [4.78, 5) is 2.61. The van der Waals surface area contributed by atoms with Crippen molar-refractivity contribution in [1.29, 1.82) is 0 Å². The summed E-state index contributed by atoms with van der Waals surface area (Å²) in [5.74, 6) is 1.50. The van der Waals surface area contributed by atoms with Gasteiger partial charge in [-0.15, -0.1) is 0 Å². The first-order chi connectivity index (χ1) is 8.79. The fourth-order valence-corrected chi connectivity index (χ4v) is 2.57. The molecule has 0 saturated heterocycles. The van der Waals surface area contributed by atoms with Crippen LogP contribution in [0.25, 0.3) is 0 Å². The SMILES string of the molecule is CC[C@H](C)[C@H](C)N(CC[C@H](C)O)C(C)CCC(C)C. The molecule has 0 aliphatic heterocycles. The third-order valence-electron chi connectivity index (χ3n) is 4.52. The monoisotopic (exact) mass is 271 g/mol. The van der Waals surface area contributed by atoms with E-state index in [9.17, 15) is 5.11 Å². The average Bonchev–Trinajstić information content (AvgIpc) is 2.34. The van der Waals surface area contributed by atoms with Gasteiger partial charge in [0.1, 0.15) is 0 Å². The molecule has 0 amide bonds.